The van der Waals surface area contributed by atoms with Crippen molar-refractivity contribution in [2.45, 2.75) is 13.5 Å². The molecule has 3 aromatic rings. The number of nitrogens with one attached hydrogen (secondary N) is 1. The summed E-state index contributed by atoms with van der Waals surface area (Å²) in [7, 11) is 0. The molecule has 0 bridgehead atoms. The van der Waals surface area contributed by atoms with Gasteiger partial charge in [-0.05, 0) is 34.2 Å². The summed E-state index contributed by atoms with van der Waals surface area (Å²) in [5.74, 6) is -0.256. The highest BCUT2D eigenvalue weighted by Gasteiger charge is 2.26. The van der Waals surface area contributed by atoms with Crippen molar-refractivity contribution >= 4 is 29.3 Å². The summed E-state index contributed by atoms with van der Waals surface area (Å²) in [4.78, 5) is 15.8. The molecule has 1 aliphatic rings. The lowest BCUT2D eigenvalue weighted by atomic mass is 10.2. The number of hydrogen-bond donors (Lipinski definition) is 2. The number of hydrazone groups is 1. The number of hydrogen-bond acceptors (Lipinski definition) is 11. The van der Waals surface area contributed by atoms with E-state index in [9.17, 15) is 4.79 Å². The molecule has 0 aromatic carbocycles. The predicted molar refractivity (Wildman–Crippen MR) is 104 cm³/mol. The molecule has 1 fully saturated rings. The van der Waals surface area contributed by atoms with Gasteiger partial charge in [0.25, 0.3) is 5.91 Å². The number of morpholine rings is 1. The number of nitrogens with two attached hydrogens (primary N) is 1. The van der Waals surface area contributed by atoms with E-state index in [2.05, 4.69) is 40.7 Å². The number of carbonyl (C=O) groups is 1. The summed E-state index contributed by atoms with van der Waals surface area (Å²) in [6, 6.07) is 1.98. The normalized spacial score (nSPS) is 15.2. The molecule has 1 saturated heterocycles. The van der Waals surface area contributed by atoms with Crippen LogP contribution in [0.15, 0.2) is 21.2 Å². The SMILES string of the molecule is Cc1ccsc1/C=N/NC(=O)c1nnn(-c2nonc2N)c1CN1CCOCC1. The molecule has 0 unspecified atom stereocenters. The summed E-state index contributed by atoms with van der Waals surface area (Å²) in [6.07, 6.45) is 1.60. The molecule has 3 N–H and O–H groups in total. The standard InChI is InChI=1S/C16H19N9O3S/c1-10-2-7-29-12(10)8-18-20-16(26)13-11(9-24-3-5-27-6-4-24)25(23-19-13)15-14(17)21-28-22-15/h2,7-8H,3-6,9H2,1H3,(H2,17,21)(H,20,26)/b18-8+. The molecule has 0 saturated carbocycles. The molecule has 0 atom stereocenters. The molecule has 0 aliphatic carbocycles. The third kappa shape index (κ3) is 4.16. The van der Waals surface area contributed by atoms with Crippen LogP contribution in [0.3, 0.4) is 0 Å². The maximum atomic E-state index is 12.7. The van der Waals surface area contributed by atoms with Crippen LogP contribution in [-0.2, 0) is 11.3 Å². The largest absolute Gasteiger partial charge is 0.379 e. The van der Waals surface area contributed by atoms with Gasteiger partial charge in [0.1, 0.15) is 0 Å². The number of amides is 1. The minimum absolute atomic E-state index is 0.0521. The monoisotopic (exact) mass is 417 g/mol. The summed E-state index contributed by atoms with van der Waals surface area (Å²) in [6.45, 7) is 5.03. The third-order valence-electron chi connectivity index (χ3n) is 4.40. The van der Waals surface area contributed by atoms with Crippen LogP contribution in [0.4, 0.5) is 5.82 Å². The van der Waals surface area contributed by atoms with Crippen molar-refractivity contribution in [2.24, 2.45) is 5.10 Å². The molecule has 0 radical (unpaired) electrons. The van der Waals surface area contributed by atoms with Crippen LogP contribution in [0.2, 0.25) is 0 Å². The molecular weight excluding hydrogens is 398 g/mol. The van der Waals surface area contributed by atoms with E-state index in [0.29, 0.717) is 38.5 Å². The van der Waals surface area contributed by atoms with Crippen molar-refractivity contribution < 1.29 is 14.2 Å². The summed E-state index contributed by atoms with van der Waals surface area (Å²) < 4.78 is 11.4. The highest BCUT2D eigenvalue weighted by molar-refractivity contribution is 7.11. The quantitative estimate of drug-likeness (QED) is 0.423. The summed E-state index contributed by atoms with van der Waals surface area (Å²) >= 11 is 1.54. The van der Waals surface area contributed by atoms with Crippen molar-refractivity contribution in [3.05, 3.63) is 33.3 Å². The zero-order valence-corrected chi connectivity index (χ0v) is 16.4. The van der Waals surface area contributed by atoms with Crippen LogP contribution in [-0.4, -0.2) is 68.6 Å². The number of carbonyl (C=O) groups excluding carboxylic acids is 1. The van der Waals surface area contributed by atoms with Gasteiger partial charge in [0.2, 0.25) is 11.6 Å². The Morgan fingerprint density at radius 3 is 2.93 bits per heavy atom. The van der Waals surface area contributed by atoms with Crippen molar-refractivity contribution in [3.63, 3.8) is 0 Å². The fraction of sp³-hybridized carbons (Fsp3) is 0.375. The average molecular weight is 417 g/mol. The molecular formula is C16H19N9O3S. The van der Waals surface area contributed by atoms with Gasteiger partial charge < -0.3 is 10.5 Å². The number of rotatable bonds is 6. The predicted octanol–water partition coefficient (Wildman–Crippen LogP) is 0.199. The molecule has 1 amide bonds. The Labute approximate surface area is 169 Å². The second-order valence-electron chi connectivity index (χ2n) is 6.33. The van der Waals surface area contributed by atoms with Gasteiger partial charge in [-0.1, -0.05) is 5.21 Å². The fourth-order valence-corrected chi connectivity index (χ4v) is 3.60. The maximum absolute atomic E-state index is 12.7. The molecule has 4 rings (SSSR count). The molecule has 29 heavy (non-hydrogen) atoms. The minimum Gasteiger partial charge on any atom is -0.379 e. The Kier molecular flexibility index (Phi) is 5.59. The first-order valence-corrected chi connectivity index (χ1v) is 9.72. The first-order chi connectivity index (χ1) is 14.1. The van der Waals surface area contributed by atoms with Crippen molar-refractivity contribution in [2.75, 3.05) is 32.0 Å². The van der Waals surface area contributed by atoms with Crippen LogP contribution in [0, 0.1) is 6.92 Å². The number of thiophene rings is 1. The number of nitrogen functional groups attached to an aromatic ring is 1. The van der Waals surface area contributed by atoms with E-state index in [-0.39, 0.29) is 17.3 Å². The van der Waals surface area contributed by atoms with Gasteiger partial charge in [0.15, 0.2) is 5.69 Å². The Bertz CT molecular complexity index is 1020. The number of ether oxygens (including phenoxy) is 1. The van der Waals surface area contributed by atoms with E-state index in [4.69, 9.17) is 10.5 Å². The zero-order chi connectivity index (χ0) is 20.2. The third-order valence-corrected chi connectivity index (χ3v) is 5.35. The van der Waals surface area contributed by atoms with Gasteiger partial charge in [0.05, 0.1) is 25.1 Å². The topological polar surface area (TPSA) is 150 Å². The number of nitrogens with zero attached hydrogens (tertiary/aromatic N) is 7. The van der Waals surface area contributed by atoms with E-state index in [1.54, 1.807) is 6.21 Å². The van der Waals surface area contributed by atoms with Crippen LogP contribution >= 0.6 is 11.3 Å². The first-order valence-electron chi connectivity index (χ1n) is 8.84. The lowest BCUT2D eigenvalue weighted by Gasteiger charge is -2.26. The molecule has 0 spiro atoms. The number of aryl methyl sites for hydroxylation is 1. The Morgan fingerprint density at radius 2 is 2.24 bits per heavy atom. The van der Waals surface area contributed by atoms with Gasteiger partial charge in [-0.2, -0.15) is 9.78 Å². The van der Waals surface area contributed by atoms with E-state index in [1.165, 1.54) is 16.0 Å². The highest BCUT2D eigenvalue weighted by Crippen LogP contribution is 2.18. The van der Waals surface area contributed by atoms with Crippen molar-refractivity contribution in [1.82, 2.24) is 35.6 Å². The molecule has 3 aromatic heterocycles. The lowest BCUT2D eigenvalue weighted by molar-refractivity contribution is 0.0332. The number of anilines is 1. The summed E-state index contributed by atoms with van der Waals surface area (Å²) in [5, 5.41) is 21.4. The van der Waals surface area contributed by atoms with Gasteiger partial charge in [-0.25, -0.2) is 10.1 Å². The molecule has 152 valence electrons. The zero-order valence-electron chi connectivity index (χ0n) is 15.6. The maximum Gasteiger partial charge on any atom is 0.293 e. The van der Waals surface area contributed by atoms with E-state index in [1.807, 2.05) is 18.4 Å². The van der Waals surface area contributed by atoms with Crippen molar-refractivity contribution in [1.29, 1.82) is 0 Å². The van der Waals surface area contributed by atoms with E-state index >= 15 is 0 Å². The van der Waals surface area contributed by atoms with Crippen LogP contribution in [0.1, 0.15) is 26.6 Å². The molecule has 13 heteroatoms. The highest BCUT2D eigenvalue weighted by atomic mass is 32.1. The van der Waals surface area contributed by atoms with Crippen molar-refractivity contribution in [3.8, 4) is 5.82 Å². The second kappa shape index (κ2) is 8.46. The molecule has 4 heterocycles. The second-order valence-corrected chi connectivity index (χ2v) is 7.27. The van der Waals surface area contributed by atoms with Crippen LogP contribution in [0.25, 0.3) is 5.82 Å². The number of aromatic nitrogens is 5. The van der Waals surface area contributed by atoms with Gasteiger partial charge in [0, 0.05) is 24.5 Å². The van der Waals surface area contributed by atoms with E-state index in [0.717, 1.165) is 10.4 Å². The Balaban J connectivity index is 1.59. The molecule has 12 nitrogen and oxygen atoms in total. The van der Waals surface area contributed by atoms with Gasteiger partial charge in [-0.3, -0.25) is 9.69 Å². The van der Waals surface area contributed by atoms with Crippen LogP contribution in [0.5, 0.6) is 0 Å². The van der Waals surface area contributed by atoms with Crippen LogP contribution < -0.4 is 11.2 Å². The van der Waals surface area contributed by atoms with Gasteiger partial charge >= 0.3 is 0 Å². The minimum atomic E-state index is -0.486. The molecule has 1 aliphatic heterocycles. The van der Waals surface area contributed by atoms with E-state index < -0.39 is 5.91 Å². The smallest absolute Gasteiger partial charge is 0.293 e. The Morgan fingerprint density at radius 1 is 1.41 bits per heavy atom. The van der Waals surface area contributed by atoms with Gasteiger partial charge in [-0.15, -0.1) is 16.4 Å². The summed E-state index contributed by atoms with van der Waals surface area (Å²) in [5.41, 5.74) is 10.0. The lowest BCUT2D eigenvalue weighted by Crippen LogP contribution is -2.37. The first kappa shape index (κ1) is 19.2. The fourth-order valence-electron chi connectivity index (χ4n) is 2.82. The average Bonchev–Trinajstić information content (AvgIpc) is 3.43. The Hall–Kier alpha value is -3.16.